The Balaban J connectivity index is 1.50. The monoisotopic (exact) mass is 441 g/mol. The van der Waals surface area contributed by atoms with Gasteiger partial charge in [-0.25, -0.2) is 0 Å². The van der Waals surface area contributed by atoms with Crippen LogP contribution in [0.1, 0.15) is 16.7 Å². The highest BCUT2D eigenvalue weighted by atomic mass is 16.6. The summed E-state index contributed by atoms with van der Waals surface area (Å²) in [5.41, 5.74) is 2.85. The number of rotatable bonds is 9. The third-order valence-corrected chi connectivity index (χ3v) is 5.00. The van der Waals surface area contributed by atoms with Gasteiger partial charge in [0.05, 0.1) is 4.92 Å². The van der Waals surface area contributed by atoms with E-state index < -0.39 is 4.92 Å². The zero-order chi connectivity index (χ0) is 23.0. The van der Waals surface area contributed by atoms with Crippen molar-refractivity contribution in [3.05, 3.63) is 124 Å². The molecule has 0 unspecified atom stereocenters. The normalized spacial score (nSPS) is 10.5. The molecule has 0 aliphatic rings. The number of benzene rings is 4. The van der Waals surface area contributed by atoms with Gasteiger partial charge < -0.3 is 14.2 Å². The summed E-state index contributed by atoms with van der Waals surface area (Å²) in [5.74, 6) is 1.85. The van der Waals surface area contributed by atoms with Crippen LogP contribution in [-0.2, 0) is 13.2 Å². The summed E-state index contributed by atoms with van der Waals surface area (Å²) < 4.78 is 17.7. The lowest BCUT2D eigenvalue weighted by Crippen LogP contribution is -2.00. The van der Waals surface area contributed by atoms with Crippen LogP contribution in [0.3, 0.4) is 0 Å². The third-order valence-electron chi connectivity index (χ3n) is 5.00. The number of hydrogen-bond donors (Lipinski definition) is 0. The van der Waals surface area contributed by atoms with E-state index in [1.165, 1.54) is 12.1 Å². The first-order valence-electron chi connectivity index (χ1n) is 10.5. The highest BCUT2D eigenvalue weighted by Gasteiger charge is 2.17. The fraction of sp³-hybridized carbons (Fsp3) is 0.111. The molecular weight excluding hydrogens is 418 g/mol. The minimum absolute atomic E-state index is 0.117. The Bertz CT molecular complexity index is 1230. The number of ether oxygens (including phenoxy) is 3. The van der Waals surface area contributed by atoms with E-state index in [0.717, 1.165) is 16.7 Å². The van der Waals surface area contributed by atoms with Crippen molar-refractivity contribution in [2.45, 2.75) is 20.1 Å². The van der Waals surface area contributed by atoms with Crippen LogP contribution < -0.4 is 14.2 Å². The molecule has 0 saturated carbocycles. The molecule has 33 heavy (non-hydrogen) atoms. The number of aryl methyl sites for hydroxylation is 1. The molecule has 0 aliphatic carbocycles. The van der Waals surface area contributed by atoms with Crippen LogP contribution in [0.15, 0.2) is 97.1 Å². The Labute approximate surface area is 192 Å². The summed E-state index contributed by atoms with van der Waals surface area (Å²) in [6, 6.07) is 29.4. The summed E-state index contributed by atoms with van der Waals surface area (Å²) in [6.45, 7) is 2.62. The van der Waals surface area contributed by atoms with Crippen LogP contribution in [0.5, 0.6) is 23.0 Å². The summed E-state index contributed by atoms with van der Waals surface area (Å²) >= 11 is 0. The molecular formula is C27H23NO5. The molecule has 0 radical (unpaired) electrons. The van der Waals surface area contributed by atoms with E-state index >= 15 is 0 Å². The minimum Gasteiger partial charge on any atom is -0.488 e. The fourth-order valence-corrected chi connectivity index (χ4v) is 3.23. The van der Waals surface area contributed by atoms with Gasteiger partial charge in [0.1, 0.15) is 30.5 Å². The standard InChI is InChI=1S/C27H23NO5/c1-20-12-13-23(16-26(20)31-18-21-8-4-2-5-9-21)33-24-14-15-25(28(29)30)27(17-24)32-19-22-10-6-3-7-11-22/h2-17H,18-19H2,1H3. The predicted octanol–water partition coefficient (Wildman–Crippen LogP) is 6.85. The first-order chi connectivity index (χ1) is 16.1. The Hall–Kier alpha value is -4.32. The first-order valence-corrected chi connectivity index (χ1v) is 10.5. The third kappa shape index (κ3) is 5.89. The van der Waals surface area contributed by atoms with Crippen LogP contribution in [-0.4, -0.2) is 4.92 Å². The van der Waals surface area contributed by atoms with Gasteiger partial charge in [-0.05, 0) is 35.7 Å². The SMILES string of the molecule is Cc1ccc(Oc2ccc([N+](=O)[O-])c(OCc3ccccc3)c2)cc1OCc1ccccc1. The molecule has 166 valence electrons. The summed E-state index contributed by atoms with van der Waals surface area (Å²) in [7, 11) is 0. The van der Waals surface area contributed by atoms with Crippen LogP contribution in [0.4, 0.5) is 5.69 Å². The van der Waals surface area contributed by atoms with Gasteiger partial charge in [0, 0.05) is 18.2 Å². The lowest BCUT2D eigenvalue weighted by Gasteiger charge is -2.13. The largest absolute Gasteiger partial charge is 0.488 e. The zero-order valence-corrected chi connectivity index (χ0v) is 18.1. The van der Waals surface area contributed by atoms with Crippen molar-refractivity contribution < 1.29 is 19.1 Å². The summed E-state index contributed by atoms with van der Waals surface area (Å²) in [5, 5.41) is 11.4. The molecule has 0 heterocycles. The van der Waals surface area contributed by atoms with Crippen molar-refractivity contribution in [2.75, 3.05) is 0 Å². The average Bonchev–Trinajstić information content (AvgIpc) is 2.84. The molecule has 6 heteroatoms. The van der Waals surface area contributed by atoms with E-state index in [-0.39, 0.29) is 18.0 Å². The summed E-state index contributed by atoms with van der Waals surface area (Å²) in [4.78, 5) is 11.0. The number of nitro groups is 1. The van der Waals surface area contributed by atoms with Gasteiger partial charge in [0.25, 0.3) is 0 Å². The molecule has 0 atom stereocenters. The molecule has 0 aromatic heterocycles. The molecule has 0 aliphatic heterocycles. The maximum Gasteiger partial charge on any atom is 0.311 e. The maximum absolute atomic E-state index is 11.4. The van der Waals surface area contributed by atoms with Crippen LogP contribution in [0.2, 0.25) is 0 Å². The van der Waals surface area contributed by atoms with Gasteiger partial charge in [-0.3, -0.25) is 10.1 Å². The molecule has 0 amide bonds. The quantitative estimate of drug-likeness (QED) is 0.210. The van der Waals surface area contributed by atoms with Gasteiger partial charge in [-0.2, -0.15) is 0 Å². The van der Waals surface area contributed by atoms with Crippen LogP contribution in [0.25, 0.3) is 0 Å². The second-order valence-electron chi connectivity index (χ2n) is 7.46. The van der Waals surface area contributed by atoms with Crippen molar-refractivity contribution in [2.24, 2.45) is 0 Å². The van der Waals surface area contributed by atoms with Crippen molar-refractivity contribution in [3.63, 3.8) is 0 Å². The second kappa shape index (κ2) is 10.3. The molecule has 0 N–H and O–H groups in total. The van der Waals surface area contributed by atoms with Crippen molar-refractivity contribution >= 4 is 5.69 Å². The van der Waals surface area contributed by atoms with Gasteiger partial charge in [0.2, 0.25) is 5.75 Å². The van der Waals surface area contributed by atoms with Crippen molar-refractivity contribution in [1.82, 2.24) is 0 Å². The first kappa shape index (κ1) is 21.9. The smallest absolute Gasteiger partial charge is 0.311 e. The lowest BCUT2D eigenvalue weighted by molar-refractivity contribution is -0.386. The topological polar surface area (TPSA) is 70.8 Å². The molecule has 6 nitrogen and oxygen atoms in total. The minimum atomic E-state index is -0.467. The Morgan fingerprint density at radius 1 is 0.697 bits per heavy atom. The van der Waals surface area contributed by atoms with Crippen LogP contribution in [0, 0.1) is 17.0 Å². The zero-order valence-electron chi connectivity index (χ0n) is 18.1. The lowest BCUT2D eigenvalue weighted by atomic mass is 10.2. The van der Waals surface area contributed by atoms with Gasteiger partial charge in [-0.1, -0.05) is 66.7 Å². The molecule has 4 rings (SSSR count). The maximum atomic E-state index is 11.4. The Kier molecular flexibility index (Phi) is 6.85. The van der Waals surface area contributed by atoms with E-state index in [2.05, 4.69) is 0 Å². The van der Waals surface area contributed by atoms with Gasteiger partial charge in [0.15, 0.2) is 0 Å². The highest BCUT2D eigenvalue weighted by Crippen LogP contribution is 2.35. The van der Waals surface area contributed by atoms with E-state index in [4.69, 9.17) is 14.2 Å². The Morgan fingerprint density at radius 2 is 1.21 bits per heavy atom. The number of nitrogens with zero attached hydrogens (tertiary/aromatic N) is 1. The van der Waals surface area contributed by atoms with E-state index in [9.17, 15) is 10.1 Å². The molecule has 4 aromatic carbocycles. The number of hydrogen-bond acceptors (Lipinski definition) is 5. The van der Waals surface area contributed by atoms with Crippen LogP contribution >= 0.6 is 0 Å². The van der Waals surface area contributed by atoms with Crippen molar-refractivity contribution in [1.29, 1.82) is 0 Å². The molecule has 4 aromatic rings. The molecule has 0 spiro atoms. The molecule has 0 saturated heterocycles. The van der Waals surface area contributed by atoms with E-state index in [1.54, 1.807) is 6.07 Å². The number of nitro benzene ring substituents is 1. The van der Waals surface area contributed by atoms with Gasteiger partial charge in [-0.15, -0.1) is 0 Å². The Morgan fingerprint density at radius 3 is 1.79 bits per heavy atom. The van der Waals surface area contributed by atoms with Crippen molar-refractivity contribution in [3.8, 4) is 23.0 Å². The molecule has 0 bridgehead atoms. The average molecular weight is 441 g/mol. The predicted molar refractivity (Wildman–Crippen MR) is 126 cm³/mol. The summed E-state index contributed by atoms with van der Waals surface area (Å²) in [6.07, 6.45) is 0. The van der Waals surface area contributed by atoms with Gasteiger partial charge >= 0.3 is 5.69 Å². The fourth-order valence-electron chi connectivity index (χ4n) is 3.23. The van der Waals surface area contributed by atoms with E-state index in [1.807, 2.05) is 85.8 Å². The second-order valence-corrected chi connectivity index (χ2v) is 7.46. The highest BCUT2D eigenvalue weighted by molar-refractivity contribution is 5.52. The molecule has 0 fully saturated rings. The van der Waals surface area contributed by atoms with E-state index in [0.29, 0.717) is 23.9 Å².